The maximum atomic E-state index is 12.0. The highest BCUT2D eigenvalue weighted by atomic mass is 127. The molecular formula is C24H34FIO3S. The first-order chi connectivity index (χ1) is 13.6. The summed E-state index contributed by atoms with van der Waals surface area (Å²) >= 11 is -0.0703. The van der Waals surface area contributed by atoms with E-state index in [1.54, 1.807) is 6.92 Å². The summed E-state index contributed by atoms with van der Waals surface area (Å²) in [5.41, 5.74) is 1.09. The molecule has 0 fully saturated rings. The molecule has 0 radical (unpaired) electrons. The van der Waals surface area contributed by atoms with E-state index in [0.29, 0.717) is 6.42 Å². The van der Waals surface area contributed by atoms with Crippen molar-refractivity contribution in [2.75, 3.05) is 0 Å². The van der Waals surface area contributed by atoms with Gasteiger partial charge in [0, 0.05) is 0 Å². The van der Waals surface area contributed by atoms with E-state index in [1.807, 2.05) is 0 Å². The second-order valence-corrected chi connectivity index (χ2v) is 13.8. The van der Waals surface area contributed by atoms with Gasteiger partial charge in [0.1, 0.15) is 10.1 Å². The van der Waals surface area contributed by atoms with E-state index in [4.69, 9.17) is 0 Å². The fraction of sp³-hybridized carbons (Fsp3) is 0.500. The average molecular weight is 549 g/mol. The lowest BCUT2D eigenvalue weighted by Gasteiger charge is -2.18. The zero-order valence-electron chi connectivity index (χ0n) is 19.0. The van der Waals surface area contributed by atoms with E-state index < -0.39 is 15.6 Å². The van der Waals surface area contributed by atoms with Crippen LogP contribution in [0, 0.1) is 7.14 Å². The van der Waals surface area contributed by atoms with Crippen LogP contribution in [-0.2, 0) is 20.9 Å². The molecule has 2 aromatic rings. The quantitative estimate of drug-likeness (QED) is 0.427. The fourth-order valence-electron chi connectivity index (χ4n) is 2.52. The van der Waals surface area contributed by atoms with Crippen LogP contribution in [0.25, 0.3) is 0 Å². The molecule has 0 saturated heterocycles. The topological polar surface area (TPSA) is 57.2 Å². The van der Waals surface area contributed by atoms with Gasteiger partial charge >= 0.3 is 21.2 Å². The first-order valence-electron chi connectivity index (χ1n) is 10.1. The molecule has 30 heavy (non-hydrogen) atoms. The summed E-state index contributed by atoms with van der Waals surface area (Å²) in [4.78, 5) is 0. The maximum Gasteiger partial charge on any atom is 0.357 e. The molecule has 0 aliphatic rings. The highest BCUT2D eigenvalue weighted by Gasteiger charge is 2.20. The van der Waals surface area contributed by atoms with Crippen molar-refractivity contribution in [2.45, 2.75) is 77.6 Å². The van der Waals surface area contributed by atoms with Gasteiger partial charge in [0.05, 0.1) is 0 Å². The number of hydrogen-bond donors (Lipinski definition) is 0. The predicted molar refractivity (Wildman–Crippen MR) is 117 cm³/mol. The van der Waals surface area contributed by atoms with Gasteiger partial charge in [-0.25, -0.2) is 12.8 Å². The molecule has 0 bridgehead atoms. The molecule has 0 aromatic heterocycles. The second-order valence-electron chi connectivity index (χ2n) is 9.30. The minimum absolute atomic E-state index is 0.0703. The molecule has 1 unspecified atom stereocenters. The molecule has 0 heterocycles. The van der Waals surface area contributed by atoms with Crippen molar-refractivity contribution >= 4 is 10.1 Å². The third-order valence-corrected chi connectivity index (χ3v) is 8.01. The van der Waals surface area contributed by atoms with Crippen LogP contribution in [0.1, 0.15) is 72.4 Å². The summed E-state index contributed by atoms with van der Waals surface area (Å²) in [5, 5.41) is 0. The van der Waals surface area contributed by atoms with Gasteiger partial charge < -0.3 is 4.55 Å². The molecule has 0 aliphatic carbocycles. The average Bonchev–Trinajstić information content (AvgIpc) is 2.61. The molecule has 0 saturated carbocycles. The van der Waals surface area contributed by atoms with Gasteiger partial charge in [0.2, 0.25) is 0 Å². The molecule has 1 atom stereocenters. The molecule has 3 nitrogen and oxygen atoms in total. The first kappa shape index (κ1) is 27.0. The Morgan fingerprint density at radius 1 is 0.833 bits per heavy atom. The van der Waals surface area contributed by atoms with Crippen molar-refractivity contribution in [3.63, 3.8) is 0 Å². The Morgan fingerprint density at radius 3 is 1.37 bits per heavy atom. The summed E-state index contributed by atoms with van der Waals surface area (Å²) in [6.07, 6.45) is 0.161. The van der Waals surface area contributed by atoms with Gasteiger partial charge in [-0.1, -0.05) is 79.2 Å². The molecule has 6 heteroatoms. The highest BCUT2D eigenvalue weighted by molar-refractivity contribution is 7.86. The Morgan fingerprint density at radius 2 is 1.17 bits per heavy atom. The van der Waals surface area contributed by atoms with Gasteiger partial charge in [-0.3, -0.25) is 0 Å². The molecule has 0 amide bonds. The Kier molecular flexibility index (Phi) is 9.96. The van der Waals surface area contributed by atoms with Crippen LogP contribution in [0.2, 0.25) is 0 Å². The summed E-state index contributed by atoms with van der Waals surface area (Å²) in [7, 11) is -4.68. The SMILES string of the molecule is CC(C)(C)c1ccc([I+]c2ccc(C(C)(C)C)cc2)cc1.CCCC(F)S(=O)(=O)[O-]. The minimum atomic E-state index is -4.68. The Bertz CT molecular complexity index is 823. The number of benzene rings is 2. The minimum Gasteiger partial charge on any atom is -0.746 e. The molecule has 2 rings (SSSR count). The van der Waals surface area contributed by atoms with Crippen LogP contribution in [0.4, 0.5) is 4.39 Å². The molecule has 0 aliphatic heterocycles. The monoisotopic (exact) mass is 548 g/mol. The van der Waals surface area contributed by atoms with Crippen LogP contribution < -0.4 is 21.2 Å². The normalized spacial score (nSPS) is 13.4. The highest BCUT2D eigenvalue weighted by Crippen LogP contribution is 2.21. The second kappa shape index (κ2) is 11.0. The van der Waals surface area contributed by atoms with Crippen LogP contribution in [0.3, 0.4) is 0 Å². The van der Waals surface area contributed by atoms with Crippen LogP contribution in [0.5, 0.6) is 0 Å². The third kappa shape index (κ3) is 9.43. The van der Waals surface area contributed by atoms with Crippen molar-refractivity contribution in [1.29, 1.82) is 0 Å². The van der Waals surface area contributed by atoms with Crippen LogP contribution in [0.15, 0.2) is 48.5 Å². The van der Waals surface area contributed by atoms with Crippen molar-refractivity contribution in [2.24, 2.45) is 0 Å². The summed E-state index contributed by atoms with van der Waals surface area (Å²) in [6.45, 7) is 15.2. The van der Waals surface area contributed by atoms with Crippen molar-refractivity contribution < 1.29 is 38.6 Å². The number of rotatable bonds is 5. The van der Waals surface area contributed by atoms with E-state index in [0.717, 1.165) is 0 Å². The first-order valence-corrected chi connectivity index (χ1v) is 13.7. The van der Waals surface area contributed by atoms with Crippen LogP contribution >= 0.6 is 0 Å². The number of halogens is 2. The van der Waals surface area contributed by atoms with Gasteiger partial charge in [-0.2, -0.15) is 0 Å². The van der Waals surface area contributed by atoms with Gasteiger partial charge in [0.15, 0.2) is 12.6 Å². The molecule has 2 aromatic carbocycles. The van der Waals surface area contributed by atoms with E-state index in [1.165, 1.54) is 18.3 Å². The molecule has 0 spiro atoms. The van der Waals surface area contributed by atoms with Gasteiger partial charge in [0.25, 0.3) is 0 Å². The van der Waals surface area contributed by atoms with Gasteiger partial charge in [-0.05, 0) is 52.6 Å². The number of hydrogen-bond acceptors (Lipinski definition) is 3. The molecule has 0 N–H and O–H groups in total. The van der Waals surface area contributed by atoms with E-state index >= 15 is 0 Å². The van der Waals surface area contributed by atoms with Gasteiger partial charge in [-0.15, -0.1) is 0 Å². The van der Waals surface area contributed by atoms with Crippen molar-refractivity contribution in [3.8, 4) is 0 Å². The van der Waals surface area contributed by atoms with E-state index in [9.17, 15) is 17.4 Å². The molecule has 168 valence electrons. The standard InChI is InChI=1S/C20H26I.C4H9FO3S/c1-19(2,3)15-7-11-17(12-8-15)21-18-13-9-16(10-14-18)20(4,5)6;1-2-3-4(5)9(6,7)8/h7-14H,1-6H3;4H,2-3H2,1H3,(H,6,7,8)/q+1;/p-1. The largest absolute Gasteiger partial charge is 0.746 e. The lowest BCUT2D eigenvalue weighted by atomic mass is 9.87. The lowest BCUT2D eigenvalue weighted by molar-refractivity contribution is -0.597. The van der Waals surface area contributed by atoms with Crippen LogP contribution in [-0.4, -0.2) is 18.5 Å². The smallest absolute Gasteiger partial charge is 0.357 e. The fourth-order valence-corrected chi connectivity index (χ4v) is 5.20. The van der Waals surface area contributed by atoms with Crippen molar-refractivity contribution in [1.82, 2.24) is 0 Å². The summed E-state index contributed by atoms with van der Waals surface area (Å²) < 4.78 is 44.4. The third-order valence-electron chi connectivity index (χ3n) is 4.47. The summed E-state index contributed by atoms with van der Waals surface area (Å²) in [6, 6.07) is 18.4. The Hall–Kier alpha value is -0.990. The number of alkyl halides is 1. The lowest BCUT2D eigenvalue weighted by Crippen LogP contribution is -3.61. The zero-order chi connectivity index (χ0) is 23.2. The van der Waals surface area contributed by atoms with E-state index in [2.05, 4.69) is 90.1 Å². The summed E-state index contributed by atoms with van der Waals surface area (Å²) in [5.74, 6) is 0. The van der Waals surface area contributed by atoms with E-state index in [-0.39, 0.29) is 38.5 Å². The molecular weight excluding hydrogens is 514 g/mol. The maximum absolute atomic E-state index is 12.0. The van der Waals surface area contributed by atoms with Crippen molar-refractivity contribution in [3.05, 3.63) is 66.8 Å². The Labute approximate surface area is 192 Å². The zero-order valence-corrected chi connectivity index (χ0v) is 22.0. The Balaban J connectivity index is 0.000000424. The predicted octanol–water partition coefficient (Wildman–Crippen LogP) is 3.04.